The number of aromatic hydroxyl groups is 1. The molecule has 0 spiro atoms. The third-order valence-electron chi connectivity index (χ3n) is 2.25. The molecule has 0 aliphatic heterocycles. The first-order chi connectivity index (χ1) is 9.33. The van der Waals surface area contributed by atoms with Crippen molar-refractivity contribution in [3.05, 3.63) is 23.8 Å². The summed E-state index contributed by atoms with van der Waals surface area (Å²) in [5.74, 6) is -0.508. The molecule has 8 heteroatoms. The average molecular weight is 293 g/mol. The van der Waals surface area contributed by atoms with Crippen molar-refractivity contribution in [2.45, 2.75) is 6.18 Å². The fourth-order valence-electron chi connectivity index (χ4n) is 1.35. The van der Waals surface area contributed by atoms with E-state index in [1.807, 2.05) is 0 Å². The SMILES string of the molecule is COc1ccc(C(=O)NCCOCC(F)(F)F)c(O)c1. The van der Waals surface area contributed by atoms with E-state index in [2.05, 4.69) is 10.1 Å². The number of alkyl halides is 3. The van der Waals surface area contributed by atoms with Gasteiger partial charge >= 0.3 is 6.18 Å². The number of hydrogen-bond donors (Lipinski definition) is 2. The number of hydrogen-bond acceptors (Lipinski definition) is 4. The molecule has 0 radical (unpaired) electrons. The Hall–Kier alpha value is -1.96. The summed E-state index contributed by atoms with van der Waals surface area (Å²) in [5, 5.41) is 11.9. The Bertz CT molecular complexity index is 463. The molecule has 0 heterocycles. The van der Waals surface area contributed by atoms with Gasteiger partial charge in [-0.05, 0) is 12.1 Å². The topological polar surface area (TPSA) is 67.8 Å². The van der Waals surface area contributed by atoms with Crippen LogP contribution in [0, 0.1) is 0 Å². The molecule has 112 valence electrons. The van der Waals surface area contributed by atoms with Crippen LogP contribution in [-0.4, -0.2) is 44.1 Å². The summed E-state index contributed by atoms with van der Waals surface area (Å²) in [5.41, 5.74) is 0.00150. The summed E-state index contributed by atoms with van der Waals surface area (Å²) in [6, 6.07) is 4.09. The Morgan fingerprint density at radius 2 is 2.10 bits per heavy atom. The number of halogens is 3. The highest BCUT2D eigenvalue weighted by molar-refractivity contribution is 5.96. The molecule has 0 aliphatic carbocycles. The zero-order chi connectivity index (χ0) is 15.2. The molecule has 0 saturated carbocycles. The molecule has 0 aliphatic rings. The van der Waals surface area contributed by atoms with Crippen molar-refractivity contribution in [2.75, 3.05) is 26.9 Å². The number of benzene rings is 1. The van der Waals surface area contributed by atoms with Crippen molar-refractivity contribution in [1.29, 1.82) is 0 Å². The lowest BCUT2D eigenvalue weighted by Crippen LogP contribution is -2.28. The van der Waals surface area contributed by atoms with E-state index in [9.17, 15) is 23.1 Å². The Morgan fingerprint density at radius 1 is 1.40 bits per heavy atom. The van der Waals surface area contributed by atoms with E-state index in [4.69, 9.17) is 4.74 Å². The van der Waals surface area contributed by atoms with Crippen LogP contribution >= 0.6 is 0 Å². The Morgan fingerprint density at radius 3 is 2.65 bits per heavy atom. The lowest BCUT2D eigenvalue weighted by atomic mass is 10.2. The molecular formula is C12H14F3NO4. The first-order valence-corrected chi connectivity index (χ1v) is 5.63. The average Bonchev–Trinajstić information content (AvgIpc) is 2.36. The van der Waals surface area contributed by atoms with Gasteiger partial charge in [0.05, 0.1) is 19.3 Å². The van der Waals surface area contributed by atoms with Gasteiger partial charge in [0, 0.05) is 12.6 Å². The van der Waals surface area contributed by atoms with Crippen molar-refractivity contribution < 1.29 is 32.5 Å². The zero-order valence-electron chi connectivity index (χ0n) is 10.7. The molecule has 2 N–H and O–H groups in total. The number of nitrogens with one attached hydrogen (secondary N) is 1. The fourth-order valence-corrected chi connectivity index (χ4v) is 1.35. The lowest BCUT2D eigenvalue weighted by molar-refractivity contribution is -0.173. The first kappa shape index (κ1) is 16.1. The maximum atomic E-state index is 11.8. The van der Waals surface area contributed by atoms with E-state index < -0.39 is 18.7 Å². The van der Waals surface area contributed by atoms with E-state index in [-0.39, 0.29) is 24.5 Å². The number of phenols is 1. The van der Waals surface area contributed by atoms with Gasteiger partial charge in [-0.25, -0.2) is 0 Å². The van der Waals surface area contributed by atoms with Gasteiger partial charge in [0.2, 0.25) is 0 Å². The highest BCUT2D eigenvalue weighted by Gasteiger charge is 2.27. The van der Waals surface area contributed by atoms with Crippen molar-refractivity contribution in [3.63, 3.8) is 0 Å². The third kappa shape index (κ3) is 5.35. The molecule has 1 rings (SSSR count). The second-order valence-electron chi connectivity index (χ2n) is 3.81. The Balaban J connectivity index is 2.40. The van der Waals surface area contributed by atoms with Crippen LogP contribution in [0.2, 0.25) is 0 Å². The highest BCUT2D eigenvalue weighted by Crippen LogP contribution is 2.23. The maximum absolute atomic E-state index is 11.8. The van der Waals surface area contributed by atoms with Crippen LogP contribution in [0.25, 0.3) is 0 Å². The van der Waals surface area contributed by atoms with E-state index >= 15 is 0 Å². The molecule has 0 aromatic heterocycles. The van der Waals surface area contributed by atoms with Crippen molar-refractivity contribution in [1.82, 2.24) is 5.32 Å². The van der Waals surface area contributed by atoms with Crippen LogP contribution in [-0.2, 0) is 4.74 Å². The molecule has 1 aromatic carbocycles. The fraction of sp³-hybridized carbons (Fsp3) is 0.417. The van der Waals surface area contributed by atoms with E-state index in [1.165, 1.54) is 25.3 Å². The van der Waals surface area contributed by atoms with E-state index in [1.54, 1.807) is 0 Å². The maximum Gasteiger partial charge on any atom is 0.411 e. The molecule has 0 fully saturated rings. The molecule has 1 aromatic rings. The number of phenolic OH excluding ortho intramolecular Hbond substituents is 1. The smallest absolute Gasteiger partial charge is 0.411 e. The largest absolute Gasteiger partial charge is 0.507 e. The monoisotopic (exact) mass is 293 g/mol. The van der Waals surface area contributed by atoms with Crippen molar-refractivity contribution in [3.8, 4) is 11.5 Å². The summed E-state index contributed by atoms with van der Waals surface area (Å²) in [6.45, 7) is -1.74. The third-order valence-corrected chi connectivity index (χ3v) is 2.25. The zero-order valence-corrected chi connectivity index (χ0v) is 10.7. The standard InChI is InChI=1S/C12H14F3NO4/c1-19-8-2-3-9(10(17)6-8)11(18)16-4-5-20-7-12(13,14)15/h2-3,6,17H,4-5,7H2,1H3,(H,16,18). The van der Waals surface area contributed by atoms with Gasteiger partial charge in [0.25, 0.3) is 5.91 Å². The minimum atomic E-state index is -4.39. The van der Waals surface area contributed by atoms with E-state index in [0.717, 1.165) is 0 Å². The second-order valence-corrected chi connectivity index (χ2v) is 3.81. The highest BCUT2D eigenvalue weighted by atomic mass is 19.4. The second kappa shape index (κ2) is 6.99. The normalized spacial score (nSPS) is 11.2. The molecule has 0 atom stereocenters. The van der Waals surface area contributed by atoms with Crippen LogP contribution in [0.4, 0.5) is 13.2 Å². The van der Waals surface area contributed by atoms with Crippen LogP contribution in [0.1, 0.15) is 10.4 Å². The number of ether oxygens (including phenoxy) is 2. The Kier molecular flexibility index (Phi) is 5.63. The molecule has 1 amide bonds. The summed E-state index contributed by atoms with van der Waals surface area (Å²) in [7, 11) is 1.41. The van der Waals surface area contributed by atoms with Gasteiger partial charge in [-0.3, -0.25) is 4.79 Å². The van der Waals surface area contributed by atoms with Gasteiger partial charge in [-0.1, -0.05) is 0 Å². The molecule has 0 saturated heterocycles. The number of carbonyl (C=O) groups excluding carboxylic acids is 1. The van der Waals surface area contributed by atoms with Crippen molar-refractivity contribution in [2.24, 2.45) is 0 Å². The Labute approximate surface area is 113 Å². The van der Waals surface area contributed by atoms with E-state index in [0.29, 0.717) is 5.75 Å². The molecule has 0 unspecified atom stereocenters. The summed E-state index contributed by atoms with van der Waals surface area (Å²) in [4.78, 5) is 11.6. The molecule has 5 nitrogen and oxygen atoms in total. The van der Waals surface area contributed by atoms with Gasteiger partial charge in [-0.15, -0.1) is 0 Å². The van der Waals surface area contributed by atoms with Gasteiger partial charge < -0.3 is 19.9 Å². The summed E-state index contributed by atoms with van der Waals surface area (Å²) < 4.78 is 44.5. The minimum absolute atomic E-state index is 0.00150. The predicted molar refractivity (Wildman–Crippen MR) is 63.9 cm³/mol. The number of carbonyl (C=O) groups is 1. The lowest BCUT2D eigenvalue weighted by Gasteiger charge is -2.09. The number of rotatable bonds is 6. The van der Waals surface area contributed by atoms with Gasteiger partial charge in [0.15, 0.2) is 0 Å². The molecular weight excluding hydrogens is 279 g/mol. The van der Waals surface area contributed by atoms with Gasteiger partial charge in [0.1, 0.15) is 18.1 Å². The molecule has 20 heavy (non-hydrogen) atoms. The van der Waals surface area contributed by atoms with Gasteiger partial charge in [-0.2, -0.15) is 13.2 Å². The van der Waals surface area contributed by atoms with Crippen LogP contribution in [0.15, 0.2) is 18.2 Å². The quantitative estimate of drug-likeness (QED) is 0.784. The predicted octanol–water partition coefficient (Wildman–Crippen LogP) is 1.71. The van der Waals surface area contributed by atoms with Crippen LogP contribution in [0.3, 0.4) is 0 Å². The summed E-state index contributed by atoms with van der Waals surface area (Å²) >= 11 is 0. The number of amides is 1. The molecule has 0 bridgehead atoms. The minimum Gasteiger partial charge on any atom is -0.507 e. The van der Waals surface area contributed by atoms with Crippen molar-refractivity contribution >= 4 is 5.91 Å². The number of methoxy groups -OCH3 is 1. The van der Waals surface area contributed by atoms with Crippen LogP contribution < -0.4 is 10.1 Å². The van der Waals surface area contributed by atoms with Crippen LogP contribution in [0.5, 0.6) is 11.5 Å². The summed E-state index contributed by atoms with van der Waals surface area (Å²) in [6.07, 6.45) is -4.39. The first-order valence-electron chi connectivity index (χ1n) is 5.63.